The van der Waals surface area contributed by atoms with E-state index in [4.69, 9.17) is 5.11 Å². The Kier molecular flexibility index (Phi) is 1.69. The van der Waals surface area contributed by atoms with E-state index in [1.807, 2.05) is 0 Å². The molecule has 0 saturated heterocycles. The highest BCUT2D eigenvalue weighted by Crippen LogP contribution is 2.23. The average molecular weight is 112 g/mol. The Hall–Kier alpha value is -0.300. The molecule has 8 heavy (non-hydrogen) atoms. The van der Waals surface area contributed by atoms with Crippen LogP contribution < -0.4 is 0 Å². The van der Waals surface area contributed by atoms with E-state index in [2.05, 4.69) is 19.1 Å². The minimum atomic E-state index is 0.341. The van der Waals surface area contributed by atoms with E-state index in [1.165, 1.54) is 0 Å². The Morgan fingerprint density at radius 1 is 1.75 bits per heavy atom. The zero-order chi connectivity index (χ0) is 5.98. The Bertz CT molecular complexity index is 96.6. The van der Waals surface area contributed by atoms with Gasteiger partial charge in [0.1, 0.15) is 0 Å². The van der Waals surface area contributed by atoms with Crippen molar-refractivity contribution in [1.82, 2.24) is 0 Å². The molecule has 0 heterocycles. The highest BCUT2D eigenvalue weighted by molar-refractivity contribution is 4.98. The van der Waals surface area contributed by atoms with Crippen LogP contribution in [0.5, 0.6) is 0 Å². The summed E-state index contributed by atoms with van der Waals surface area (Å²) in [5.74, 6) is 1.11. The van der Waals surface area contributed by atoms with Crippen molar-refractivity contribution in [2.75, 3.05) is 6.61 Å². The number of aliphatic hydroxyl groups is 1. The summed E-state index contributed by atoms with van der Waals surface area (Å²) in [5.41, 5.74) is 0. The number of hydrogen-bond donors (Lipinski definition) is 1. The topological polar surface area (TPSA) is 20.2 Å². The summed E-state index contributed by atoms with van der Waals surface area (Å²) in [5, 5.41) is 8.70. The molecule has 1 N–H and O–H groups in total. The van der Waals surface area contributed by atoms with Gasteiger partial charge in [0.15, 0.2) is 0 Å². The van der Waals surface area contributed by atoms with Crippen molar-refractivity contribution in [2.24, 2.45) is 11.8 Å². The van der Waals surface area contributed by atoms with Gasteiger partial charge in [-0.3, -0.25) is 0 Å². The van der Waals surface area contributed by atoms with E-state index >= 15 is 0 Å². The van der Waals surface area contributed by atoms with Crippen LogP contribution in [0.15, 0.2) is 12.2 Å². The Labute approximate surface area is 50.0 Å². The summed E-state index contributed by atoms with van der Waals surface area (Å²) in [6.07, 6.45) is 5.38. The van der Waals surface area contributed by atoms with E-state index in [0.29, 0.717) is 18.4 Å². The van der Waals surface area contributed by atoms with E-state index in [1.54, 1.807) is 0 Å². The third kappa shape index (κ3) is 0.920. The lowest BCUT2D eigenvalue weighted by Gasteiger charge is -2.09. The van der Waals surface area contributed by atoms with Gasteiger partial charge in [0.05, 0.1) is 0 Å². The molecule has 0 unspecified atom stereocenters. The van der Waals surface area contributed by atoms with Crippen LogP contribution in [0.25, 0.3) is 0 Å². The van der Waals surface area contributed by atoms with Gasteiger partial charge >= 0.3 is 0 Å². The average Bonchev–Trinajstić information content (AvgIpc) is 2.14. The molecule has 0 amide bonds. The third-order valence-corrected chi connectivity index (χ3v) is 1.86. The molecule has 46 valence electrons. The first kappa shape index (κ1) is 5.83. The van der Waals surface area contributed by atoms with Crippen molar-refractivity contribution in [2.45, 2.75) is 13.3 Å². The Morgan fingerprint density at radius 2 is 2.50 bits per heavy atom. The largest absolute Gasteiger partial charge is 0.396 e. The quantitative estimate of drug-likeness (QED) is 0.505. The fourth-order valence-electron chi connectivity index (χ4n) is 1.08. The van der Waals surface area contributed by atoms with Crippen LogP contribution in [0.2, 0.25) is 0 Å². The zero-order valence-corrected chi connectivity index (χ0v) is 5.17. The van der Waals surface area contributed by atoms with Crippen molar-refractivity contribution in [3.8, 4) is 0 Å². The lowest BCUT2D eigenvalue weighted by molar-refractivity contribution is 0.209. The number of rotatable bonds is 1. The minimum Gasteiger partial charge on any atom is -0.396 e. The summed E-state index contributed by atoms with van der Waals surface area (Å²) >= 11 is 0. The highest BCUT2D eigenvalue weighted by Gasteiger charge is 2.16. The van der Waals surface area contributed by atoms with Gasteiger partial charge in [-0.25, -0.2) is 0 Å². The summed E-state index contributed by atoms with van der Waals surface area (Å²) in [4.78, 5) is 0. The lowest BCUT2D eigenvalue weighted by Crippen LogP contribution is -2.08. The minimum absolute atomic E-state index is 0.341. The van der Waals surface area contributed by atoms with Crippen LogP contribution in [0, 0.1) is 11.8 Å². The van der Waals surface area contributed by atoms with Gasteiger partial charge in [-0.15, -0.1) is 0 Å². The fourth-order valence-corrected chi connectivity index (χ4v) is 1.08. The van der Waals surface area contributed by atoms with Gasteiger partial charge in [-0.2, -0.15) is 0 Å². The Morgan fingerprint density at radius 3 is 2.75 bits per heavy atom. The van der Waals surface area contributed by atoms with Crippen LogP contribution in [0.4, 0.5) is 0 Å². The maximum Gasteiger partial charge on any atom is 0.0467 e. The number of hydrogen-bond acceptors (Lipinski definition) is 1. The Balaban J connectivity index is 2.38. The van der Waals surface area contributed by atoms with Gasteiger partial charge in [0.2, 0.25) is 0 Å². The van der Waals surface area contributed by atoms with Crippen LogP contribution in [-0.4, -0.2) is 11.7 Å². The molecule has 0 aromatic carbocycles. The predicted octanol–water partition coefficient (Wildman–Crippen LogP) is 1.19. The molecule has 0 spiro atoms. The molecule has 1 rings (SSSR count). The van der Waals surface area contributed by atoms with Crippen LogP contribution in [0.3, 0.4) is 0 Å². The number of allylic oxidation sites excluding steroid dienone is 2. The zero-order valence-electron chi connectivity index (χ0n) is 5.17. The smallest absolute Gasteiger partial charge is 0.0467 e. The van der Waals surface area contributed by atoms with Crippen molar-refractivity contribution < 1.29 is 5.11 Å². The molecule has 0 bridgehead atoms. The molecule has 1 nitrogen and oxygen atoms in total. The second-order valence-corrected chi connectivity index (χ2v) is 2.47. The SMILES string of the molecule is C[C@H]1C=CC[C@H]1CO. The first-order valence-corrected chi connectivity index (χ1v) is 3.12. The third-order valence-electron chi connectivity index (χ3n) is 1.86. The van der Waals surface area contributed by atoms with Gasteiger partial charge in [0.25, 0.3) is 0 Å². The standard InChI is InChI=1S/C7H12O/c1-6-3-2-4-7(6)5-8/h2-3,6-8H,4-5H2,1H3/t6-,7-/m0/s1. The van der Waals surface area contributed by atoms with E-state index in [-0.39, 0.29) is 0 Å². The first-order valence-electron chi connectivity index (χ1n) is 3.12. The molecule has 1 heteroatoms. The summed E-state index contributed by atoms with van der Waals surface area (Å²) in [6.45, 7) is 2.48. The molecule has 0 saturated carbocycles. The molecule has 1 aliphatic rings. The second-order valence-electron chi connectivity index (χ2n) is 2.47. The van der Waals surface area contributed by atoms with Crippen molar-refractivity contribution in [3.63, 3.8) is 0 Å². The van der Waals surface area contributed by atoms with Crippen LogP contribution in [0.1, 0.15) is 13.3 Å². The molecular weight excluding hydrogens is 100 g/mol. The maximum atomic E-state index is 8.70. The predicted molar refractivity (Wildman–Crippen MR) is 33.5 cm³/mol. The first-order chi connectivity index (χ1) is 3.84. The van der Waals surface area contributed by atoms with Crippen molar-refractivity contribution >= 4 is 0 Å². The molecule has 0 fully saturated rings. The second kappa shape index (κ2) is 2.31. The maximum absolute atomic E-state index is 8.70. The van der Waals surface area contributed by atoms with Crippen molar-refractivity contribution in [3.05, 3.63) is 12.2 Å². The number of aliphatic hydroxyl groups excluding tert-OH is 1. The highest BCUT2D eigenvalue weighted by atomic mass is 16.3. The molecule has 0 aromatic rings. The molecule has 2 atom stereocenters. The van der Waals surface area contributed by atoms with Crippen LogP contribution >= 0.6 is 0 Å². The van der Waals surface area contributed by atoms with Gasteiger partial charge in [-0.05, 0) is 18.3 Å². The van der Waals surface area contributed by atoms with Gasteiger partial charge in [-0.1, -0.05) is 19.1 Å². The van der Waals surface area contributed by atoms with E-state index < -0.39 is 0 Å². The fraction of sp³-hybridized carbons (Fsp3) is 0.714. The van der Waals surface area contributed by atoms with E-state index in [9.17, 15) is 0 Å². The van der Waals surface area contributed by atoms with E-state index in [0.717, 1.165) is 6.42 Å². The molecular formula is C7H12O. The summed E-state index contributed by atoms with van der Waals surface area (Å²) in [6, 6.07) is 0. The lowest BCUT2D eigenvalue weighted by atomic mass is 9.99. The summed E-state index contributed by atoms with van der Waals surface area (Å²) in [7, 11) is 0. The molecule has 0 aromatic heterocycles. The summed E-state index contributed by atoms with van der Waals surface area (Å²) < 4.78 is 0. The van der Waals surface area contributed by atoms with Crippen molar-refractivity contribution in [1.29, 1.82) is 0 Å². The van der Waals surface area contributed by atoms with Gasteiger partial charge in [0, 0.05) is 6.61 Å². The normalized spacial score (nSPS) is 36.2. The van der Waals surface area contributed by atoms with Gasteiger partial charge < -0.3 is 5.11 Å². The van der Waals surface area contributed by atoms with Crippen LogP contribution in [-0.2, 0) is 0 Å². The molecule has 0 radical (unpaired) electrons. The monoisotopic (exact) mass is 112 g/mol. The molecule has 0 aliphatic heterocycles. The molecule has 1 aliphatic carbocycles.